The minimum absolute atomic E-state index is 0.0426. The van der Waals surface area contributed by atoms with E-state index in [-0.39, 0.29) is 43.8 Å². The second kappa shape index (κ2) is 13.3. The lowest BCUT2D eigenvalue weighted by atomic mass is 10.1. The van der Waals surface area contributed by atoms with Crippen LogP contribution < -0.4 is 9.62 Å². The molecule has 0 spiro atoms. The first-order valence-corrected chi connectivity index (χ1v) is 14.5. The fourth-order valence-electron chi connectivity index (χ4n) is 3.62. The van der Waals surface area contributed by atoms with Gasteiger partial charge in [0, 0.05) is 41.2 Å². The van der Waals surface area contributed by atoms with Crippen LogP contribution in [0.5, 0.6) is 0 Å². The van der Waals surface area contributed by atoms with Crippen molar-refractivity contribution in [3.63, 3.8) is 0 Å². The van der Waals surface area contributed by atoms with Crippen LogP contribution in [0.2, 0.25) is 10.0 Å². The molecule has 10 heteroatoms. The number of benzene rings is 2. The SMILES string of the molecule is CC[C@H](C)NC(=O)[C@H](C)N(Cc1c(Cl)cccc1Cl)C(=O)CCCN(c1ccc(C)cc1)S(C)(=O)=O. The molecule has 0 unspecified atom stereocenters. The fourth-order valence-corrected chi connectivity index (χ4v) is 5.10. The number of aryl methyl sites for hydroxylation is 1. The van der Waals surface area contributed by atoms with Gasteiger partial charge in [0.2, 0.25) is 21.8 Å². The zero-order valence-electron chi connectivity index (χ0n) is 21.4. The molecule has 0 aromatic heterocycles. The van der Waals surface area contributed by atoms with Crippen molar-refractivity contribution in [1.29, 1.82) is 0 Å². The first-order chi connectivity index (χ1) is 16.8. The van der Waals surface area contributed by atoms with Crippen molar-refractivity contribution in [1.82, 2.24) is 10.2 Å². The average Bonchev–Trinajstić information content (AvgIpc) is 2.81. The van der Waals surface area contributed by atoms with Crippen LogP contribution >= 0.6 is 23.2 Å². The summed E-state index contributed by atoms with van der Waals surface area (Å²) in [4.78, 5) is 27.7. The van der Waals surface area contributed by atoms with E-state index in [1.54, 1.807) is 37.3 Å². The Bertz CT molecular complexity index is 1140. The molecule has 2 atom stereocenters. The predicted molar refractivity (Wildman–Crippen MR) is 147 cm³/mol. The summed E-state index contributed by atoms with van der Waals surface area (Å²) in [5, 5.41) is 3.71. The Balaban J connectivity index is 2.22. The van der Waals surface area contributed by atoms with E-state index in [1.807, 2.05) is 32.9 Å². The van der Waals surface area contributed by atoms with Crippen molar-refractivity contribution in [3.05, 3.63) is 63.6 Å². The molecule has 2 rings (SSSR count). The average molecular weight is 557 g/mol. The monoisotopic (exact) mass is 555 g/mol. The second-order valence-corrected chi connectivity index (χ2v) is 11.7. The summed E-state index contributed by atoms with van der Waals surface area (Å²) < 4.78 is 26.1. The quantitative estimate of drug-likeness (QED) is 0.391. The lowest BCUT2D eigenvalue weighted by Gasteiger charge is -2.30. The number of nitrogens with one attached hydrogen (secondary N) is 1. The molecule has 0 bridgehead atoms. The van der Waals surface area contributed by atoms with Gasteiger partial charge in [0.25, 0.3) is 0 Å². The van der Waals surface area contributed by atoms with Crippen LogP contribution in [0.1, 0.15) is 51.2 Å². The third-order valence-electron chi connectivity index (χ3n) is 6.03. The largest absolute Gasteiger partial charge is 0.352 e. The molecular weight excluding hydrogens is 521 g/mol. The third kappa shape index (κ3) is 8.39. The van der Waals surface area contributed by atoms with Gasteiger partial charge in [0.1, 0.15) is 6.04 Å². The highest BCUT2D eigenvalue weighted by molar-refractivity contribution is 7.92. The van der Waals surface area contributed by atoms with E-state index in [1.165, 1.54) is 9.21 Å². The smallest absolute Gasteiger partial charge is 0.242 e. The zero-order chi connectivity index (χ0) is 27.0. The van der Waals surface area contributed by atoms with Crippen molar-refractivity contribution in [2.75, 3.05) is 17.1 Å². The van der Waals surface area contributed by atoms with Crippen LogP contribution in [0.3, 0.4) is 0 Å². The number of sulfonamides is 1. The van der Waals surface area contributed by atoms with Gasteiger partial charge in [-0.2, -0.15) is 0 Å². The molecule has 198 valence electrons. The molecule has 0 saturated carbocycles. The van der Waals surface area contributed by atoms with E-state index < -0.39 is 16.1 Å². The van der Waals surface area contributed by atoms with E-state index in [4.69, 9.17) is 23.2 Å². The Labute approximate surface area is 224 Å². The lowest BCUT2D eigenvalue weighted by Crippen LogP contribution is -2.49. The standard InChI is InChI=1S/C26H35Cl2N3O4S/c1-6-19(3)29-26(33)20(4)30(17-22-23(27)9-7-10-24(22)28)25(32)11-8-16-31(36(5,34)35)21-14-12-18(2)13-15-21/h7,9-10,12-15,19-20H,6,8,11,16-17H2,1-5H3,(H,29,33)/t19-,20-/m0/s1. The van der Waals surface area contributed by atoms with Crippen LogP contribution in [0.25, 0.3) is 0 Å². The van der Waals surface area contributed by atoms with Crippen LogP contribution in [0.15, 0.2) is 42.5 Å². The first kappa shape index (κ1) is 29.9. The molecular formula is C26H35Cl2N3O4S. The normalized spacial score (nSPS) is 13.1. The maximum Gasteiger partial charge on any atom is 0.242 e. The van der Waals surface area contributed by atoms with Gasteiger partial charge in [-0.25, -0.2) is 8.42 Å². The van der Waals surface area contributed by atoms with Crippen molar-refractivity contribution < 1.29 is 18.0 Å². The van der Waals surface area contributed by atoms with E-state index in [9.17, 15) is 18.0 Å². The van der Waals surface area contributed by atoms with Crippen LogP contribution in [-0.4, -0.2) is 50.0 Å². The summed E-state index contributed by atoms with van der Waals surface area (Å²) in [5.74, 6) is -0.576. The summed E-state index contributed by atoms with van der Waals surface area (Å²) >= 11 is 12.7. The fraction of sp³-hybridized carbons (Fsp3) is 0.462. The van der Waals surface area contributed by atoms with Crippen molar-refractivity contribution in [2.24, 2.45) is 0 Å². The summed E-state index contributed by atoms with van der Waals surface area (Å²) in [6.45, 7) is 7.62. The van der Waals surface area contributed by atoms with E-state index >= 15 is 0 Å². The van der Waals surface area contributed by atoms with Crippen molar-refractivity contribution in [2.45, 2.75) is 65.6 Å². The Morgan fingerprint density at radius 2 is 1.61 bits per heavy atom. The van der Waals surface area contributed by atoms with Gasteiger partial charge in [-0.05, 0) is 57.9 Å². The molecule has 7 nitrogen and oxygen atoms in total. The highest BCUT2D eigenvalue weighted by Gasteiger charge is 2.28. The molecule has 0 saturated heterocycles. The summed E-state index contributed by atoms with van der Waals surface area (Å²) in [5.41, 5.74) is 2.10. The summed E-state index contributed by atoms with van der Waals surface area (Å²) in [6, 6.07) is 11.4. The maximum atomic E-state index is 13.4. The molecule has 0 aliphatic carbocycles. The van der Waals surface area contributed by atoms with E-state index in [0.29, 0.717) is 21.3 Å². The molecule has 1 N–H and O–H groups in total. The molecule has 0 aliphatic heterocycles. The molecule has 0 radical (unpaired) electrons. The van der Waals surface area contributed by atoms with Gasteiger partial charge >= 0.3 is 0 Å². The van der Waals surface area contributed by atoms with Crippen LogP contribution in [0, 0.1) is 6.92 Å². The zero-order valence-corrected chi connectivity index (χ0v) is 23.8. The lowest BCUT2D eigenvalue weighted by molar-refractivity contribution is -0.140. The third-order valence-corrected chi connectivity index (χ3v) is 7.93. The van der Waals surface area contributed by atoms with Gasteiger partial charge in [-0.1, -0.05) is 53.9 Å². The summed E-state index contributed by atoms with van der Waals surface area (Å²) in [7, 11) is -3.55. The Morgan fingerprint density at radius 3 is 2.14 bits per heavy atom. The number of halogens is 2. The van der Waals surface area contributed by atoms with Crippen molar-refractivity contribution in [3.8, 4) is 0 Å². The first-order valence-electron chi connectivity index (χ1n) is 11.9. The molecule has 2 aromatic carbocycles. The number of rotatable bonds is 12. The minimum Gasteiger partial charge on any atom is -0.352 e. The van der Waals surface area contributed by atoms with Gasteiger partial charge in [0.05, 0.1) is 11.9 Å². The summed E-state index contributed by atoms with van der Waals surface area (Å²) in [6.07, 6.45) is 2.21. The number of nitrogens with zero attached hydrogens (tertiary/aromatic N) is 2. The highest BCUT2D eigenvalue weighted by atomic mass is 35.5. The number of hydrogen-bond donors (Lipinski definition) is 1. The Morgan fingerprint density at radius 1 is 1.03 bits per heavy atom. The van der Waals surface area contributed by atoms with Crippen molar-refractivity contribution >= 4 is 50.7 Å². The number of carbonyl (C=O) groups excluding carboxylic acids is 2. The van der Waals surface area contributed by atoms with Gasteiger partial charge < -0.3 is 10.2 Å². The molecule has 2 amide bonds. The number of carbonyl (C=O) groups is 2. The highest BCUT2D eigenvalue weighted by Crippen LogP contribution is 2.27. The molecule has 0 fully saturated rings. The molecule has 36 heavy (non-hydrogen) atoms. The van der Waals surface area contributed by atoms with Crippen LogP contribution in [0.4, 0.5) is 5.69 Å². The minimum atomic E-state index is -3.55. The Hall–Kier alpha value is -2.29. The van der Waals surface area contributed by atoms with E-state index in [0.717, 1.165) is 18.2 Å². The van der Waals surface area contributed by atoms with Gasteiger partial charge in [0.15, 0.2) is 0 Å². The second-order valence-electron chi connectivity index (χ2n) is 8.99. The van der Waals surface area contributed by atoms with Gasteiger partial charge in [-0.3, -0.25) is 13.9 Å². The number of anilines is 1. The predicted octanol–water partition coefficient (Wildman–Crippen LogP) is 5.18. The Kier molecular flexibility index (Phi) is 11.1. The van der Waals surface area contributed by atoms with E-state index in [2.05, 4.69) is 5.32 Å². The maximum absolute atomic E-state index is 13.4. The van der Waals surface area contributed by atoms with Crippen LogP contribution in [-0.2, 0) is 26.2 Å². The van der Waals surface area contributed by atoms with Gasteiger partial charge in [-0.15, -0.1) is 0 Å². The molecule has 2 aromatic rings. The number of hydrogen-bond acceptors (Lipinski definition) is 4. The molecule has 0 heterocycles. The topological polar surface area (TPSA) is 86.8 Å². The number of amides is 2. The molecule has 0 aliphatic rings.